The number of methoxy groups -OCH3 is 1. The zero-order valence-electron chi connectivity index (χ0n) is 14.0. The molecule has 0 atom stereocenters. The van der Waals surface area contributed by atoms with Crippen molar-refractivity contribution >= 4 is 24.5 Å². The van der Waals surface area contributed by atoms with Gasteiger partial charge in [-0.2, -0.15) is 14.9 Å². The third kappa shape index (κ3) is 4.10. The minimum Gasteiger partial charge on any atom is -0.497 e. The monoisotopic (exact) mass is 350 g/mol. The highest BCUT2D eigenvalue weighted by atomic mass is 32.1. The van der Waals surface area contributed by atoms with Gasteiger partial charge in [-0.05, 0) is 42.4 Å². The van der Waals surface area contributed by atoms with E-state index < -0.39 is 0 Å². The van der Waals surface area contributed by atoms with Crippen molar-refractivity contribution in [3.8, 4) is 17.1 Å². The van der Waals surface area contributed by atoms with E-state index in [2.05, 4.69) is 21.4 Å². The molecule has 25 heavy (non-hydrogen) atoms. The number of aromatic nitrogens is 3. The van der Waals surface area contributed by atoms with E-state index in [9.17, 15) is 0 Å². The number of ether oxygens (including phenoxy) is 1. The SMILES string of the molecule is COc1cccc(-c2n[nH]c(=S)n2/N=C/C(C)=C/c2ccccc2)c1. The second-order valence-corrected chi connectivity index (χ2v) is 5.83. The van der Waals surface area contributed by atoms with E-state index in [0.717, 1.165) is 22.4 Å². The van der Waals surface area contributed by atoms with E-state index in [-0.39, 0.29) is 0 Å². The third-order valence-electron chi connectivity index (χ3n) is 3.55. The highest BCUT2D eigenvalue weighted by Gasteiger charge is 2.08. The van der Waals surface area contributed by atoms with Crippen molar-refractivity contribution in [2.45, 2.75) is 6.92 Å². The van der Waals surface area contributed by atoms with Crippen LogP contribution in [-0.4, -0.2) is 28.2 Å². The Morgan fingerprint density at radius 3 is 2.76 bits per heavy atom. The van der Waals surface area contributed by atoms with Gasteiger partial charge in [0, 0.05) is 5.56 Å². The van der Waals surface area contributed by atoms with Crippen LogP contribution in [-0.2, 0) is 0 Å². The van der Waals surface area contributed by atoms with Gasteiger partial charge in [0.1, 0.15) is 5.75 Å². The Bertz CT molecular complexity index is 970. The molecule has 0 saturated heterocycles. The van der Waals surface area contributed by atoms with Crippen molar-refractivity contribution in [3.05, 3.63) is 70.5 Å². The molecular weight excluding hydrogens is 332 g/mol. The zero-order valence-corrected chi connectivity index (χ0v) is 14.8. The van der Waals surface area contributed by atoms with Gasteiger partial charge in [-0.25, -0.2) is 5.10 Å². The quantitative estimate of drug-likeness (QED) is 0.542. The molecule has 126 valence electrons. The normalized spacial score (nSPS) is 11.8. The molecule has 0 fully saturated rings. The predicted octanol–water partition coefficient (Wildman–Crippen LogP) is 4.55. The smallest absolute Gasteiger partial charge is 0.216 e. The summed E-state index contributed by atoms with van der Waals surface area (Å²) in [6.45, 7) is 1.99. The molecule has 0 amide bonds. The van der Waals surface area contributed by atoms with E-state index in [0.29, 0.717) is 10.6 Å². The van der Waals surface area contributed by atoms with Crippen LogP contribution in [0.2, 0.25) is 0 Å². The lowest BCUT2D eigenvalue weighted by molar-refractivity contribution is 0.415. The molecule has 5 nitrogen and oxygen atoms in total. The van der Waals surface area contributed by atoms with Gasteiger partial charge < -0.3 is 4.74 Å². The van der Waals surface area contributed by atoms with Crippen molar-refractivity contribution in [1.29, 1.82) is 0 Å². The number of benzene rings is 2. The zero-order chi connectivity index (χ0) is 17.6. The molecule has 0 bridgehead atoms. The lowest BCUT2D eigenvalue weighted by atomic mass is 10.1. The topological polar surface area (TPSA) is 55.2 Å². The van der Waals surface area contributed by atoms with E-state index in [4.69, 9.17) is 17.0 Å². The maximum atomic E-state index is 5.30. The number of hydrogen-bond acceptors (Lipinski definition) is 4. The summed E-state index contributed by atoms with van der Waals surface area (Å²) in [5.74, 6) is 1.38. The Morgan fingerprint density at radius 2 is 2.00 bits per heavy atom. The largest absolute Gasteiger partial charge is 0.497 e. The van der Waals surface area contributed by atoms with Gasteiger partial charge in [0.2, 0.25) is 4.77 Å². The Labute approximate surface area is 151 Å². The average molecular weight is 350 g/mol. The fraction of sp³-hybridized carbons (Fsp3) is 0.105. The first-order chi connectivity index (χ1) is 12.2. The van der Waals surface area contributed by atoms with Crippen molar-refractivity contribution in [1.82, 2.24) is 14.9 Å². The first-order valence-electron chi connectivity index (χ1n) is 7.77. The summed E-state index contributed by atoms with van der Waals surface area (Å²) in [5, 5.41) is 11.5. The highest BCUT2D eigenvalue weighted by molar-refractivity contribution is 7.71. The lowest BCUT2D eigenvalue weighted by Gasteiger charge is -2.04. The molecule has 6 heteroatoms. The van der Waals surface area contributed by atoms with E-state index in [1.165, 1.54) is 0 Å². The van der Waals surface area contributed by atoms with Crippen LogP contribution in [0.5, 0.6) is 5.75 Å². The van der Waals surface area contributed by atoms with Gasteiger partial charge in [-0.1, -0.05) is 48.5 Å². The maximum absolute atomic E-state index is 5.30. The summed E-state index contributed by atoms with van der Waals surface area (Å²) in [4.78, 5) is 0. The molecule has 0 unspecified atom stereocenters. The standard InChI is InChI=1S/C19H18N4OS/c1-14(11-15-7-4-3-5-8-15)13-20-23-18(21-22-19(23)25)16-9-6-10-17(12-16)24-2/h3-13H,1-2H3,(H,22,25)/b14-11+,20-13+. The minimum atomic E-state index is 0.432. The van der Waals surface area contributed by atoms with Gasteiger partial charge in [0.15, 0.2) is 5.82 Å². The summed E-state index contributed by atoms with van der Waals surface area (Å²) >= 11 is 5.30. The molecule has 3 rings (SSSR count). The second-order valence-electron chi connectivity index (χ2n) is 5.44. The Balaban J connectivity index is 1.92. The van der Waals surface area contributed by atoms with Crippen LogP contribution in [0.3, 0.4) is 0 Å². The summed E-state index contributed by atoms with van der Waals surface area (Å²) in [6, 6.07) is 17.7. The van der Waals surface area contributed by atoms with Crippen molar-refractivity contribution in [2.24, 2.45) is 5.10 Å². The van der Waals surface area contributed by atoms with Crippen LogP contribution in [0.15, 0.2) is 65.3 Å². The summed E-state index contributed by atoms with van der Waals surface area (Å²) in [7, 11) is 1.63. The van der Waals surface area contributed by atoms with Crippen LogP contribution in [0.25, 0.3) is 17.5 Å². The Hall–Kier alpha value is -2.99. The molecule has 0 aliphatic carbocycles. The first kappa shape index (κ1) is 16.9. The summed E-state index contributed by atoms with van der Waals surface area (Å²) in [6.07, 6.45) is 3.82. The highest BCUT2D eigenvalue weighted by Crippen LogP contribution is 2.22. The predicted molar refractivity (Wildman–Crippen MR) is 103 cm³/mol. The van der Waals surface area contributed by atoms with Gasteiger partial charge in [0.25, 0.3) is 0 Å². The number of nitrogens with one attached hydrogen (secondary N) is 1. The van der Waals surface area contributed by atoms with Crippen LogP contribution < -0.4 is 4.74 Å². The van der Waals surface area contributed by atoms with E-state index >= 15 is 0 Å². The van der Waals surface area contributed by atoms with Gasteiger partial charge in [-0.3, -0.25) is 0 Å². The molecule has 0 radical (unpaired) electrons. The van der Waals surface area contributed by atoms with Crippen LogP contribution in [0.4, 0.5) is 0 Å². The number of aromatic amines is 1. The lowest BCUT2D eigenvalue weighted by Crippen LogP contribution is -1.95. The van der Waals surface area contributed by atoms with E-state index in [1.54, 1.807) is 18.0 Å². The van der Waals surface area contributed by atoms with Gasteiger partial charge in [0.05, 0.1) is 13.3 Å². The van der Waals surface area contributed by atoms with Crippen molar-refractivity contribution < 1.29 is 4.74 Å². The van der Waals surface area contributed by atoms with Crippen LogP contribution >= 0.6 is 12.2 Å². The number of nitrogens with zero attached hydrogens (tertiary/aromatic N) is 3. The third-order valence-corrected chi connectivity index (χ3v) is 3.81. The summed E-state index contributed by atoms with van der Waals surface area (Å²) < 4.78 is 7.30. The molecule has 1 heterocycles. The number of hydrogen-bond donors (Lipinski definition) is 1. The molecule has 0 aliphatic heterocycles. The van der Waals surface area contributed by atoms with Gasteiger partial charge in [-0.15, -0.1) is 0 Å². The van der Waals surface area contributed by atoms with Gasteiger partial charge >= 0.3 is 0 Å². The molecule has 1 N–H and O–H groups in total. The van der Waals surface area contributed by atoms with Crippen molar-refractivity contribution in [3.63, 3.8) is 0 Å². The van der Waals surface area contributed by atoms with Crippen LogP contribution in [0, 0.1) is 4.77 Å². The molecule has 3 aromatic rings. The fourth-order valence-electron chi connectivity index (χ4n) is 2.35. The minimum absolute atomic E-state index is 0.432. The van der Waals surface area contributed by atoms with Crippen LogP contribution in [0.1, 0.15) is 12.5 Å². The molecule has 0 spiro atoms. The Morgan fingerprint density at radius 1 is 1.20 bits per heavy atom. The number of allylic oxidation sites excluding steroid dienone is 1. The fourth-order valence-corrected chi connectivity index (χ4v) is 2.53. The molecule has 2 aromatic carbocycles. The van der Waals surface area contributed by atoms with Crippen molar-refractivity contribution in [2.75, 3.05) is 7.11 Å². The van der Waals surface area contributed by atoms with E-state index in [1.807, 2.05) is 61.5 Å². The molecular formula is C19H18N4OS. The Kier molecular flexibility index (Phi) is 5.20. The molecule has 1 aromatic heterocycles. The molecule has 0 saturated carbocycles. The summed E-state index contributed by atoms with van der Waals surface area (Å²) in [5.41, 5.74) is 3.00. The number of rotatable bonds is 5. The molecule has 0 aliphatic rings. The second kappa shape index (κ2) is 7.72. The average Bonchev–Trinajstić information content (AvgIpc) is 3.01. The maximum Gasteiger partial charge on any atom is 0.216 e. The first-order valence-corrected chi connectivity index (χ1v) is 8.18. The number of H-pyrrole nitrogens is 1.